The van der Waals surface area contributed by atoms with Crippen LogP contribution in [0.4, 0.5) is 5.69 Å². The first-order valence-electron chi connectivity index (χ1n) is 20.2. The van der Waals surface area contributed by atoms with E-state index in [-0.39, 0.29) is 29.0 Å². The molecule has 262 valence electrons. The first kappa shape index (κ1) is 33.0. The molecule has 5 saturated carbocycles. The number of hydrogen-bond donors (Lipinski definition) is 4. The maximum Gasteiger partial charge on any atom is 0.0805 e. The number of fused-ring (bicyclic) bond motifs is 8. The number of benzene rings is 1. The van der Waals surface area contributed by atoms with Crippen LogP contribution in [0.1, 0.15) is 117 Å². The molecule has 47 heavy (non-hydrogen) atoms. The number of anilines is 1. The number of nitrogens with one attached hydrogen (secondary N) is 1. The lowest BCUT2D eigenvalue weighted by atomic mass is 9.46. The van der Waals surface area contributed by atoms with Gasteiger partial charge in [-0.05, 0) is 179 Å². The molecule has 1 aromatic rings. The quantitative estimate of drug-likeness (QED) is 0.257. The van der Waals surface area contributed by atoms with Crippen molar-refractivity contribution in [1.29, 1.82) is 0 Å². The highest BCUT2D eigenvalue weighted by atomic mass is 16.3. The van der Waals surface area contributed by atoms with E-state index in [2.05, 4.69) is 62.2 Å². The fraction of sp³-hybridized carbons (Fsp3) is 0.857. The van der Waals surface area contributed by atoms with Crippen LogP contribution < -0.4 is 5.32 Å². The largest absolute Gasteiger partial charge is 0.393 e. The zero-order valence-electron chi connectivity index (χ0n) is 30.0. The molecule has 15 atom stereocenters. The molecule has 5 heteroatoms. The van der Waals surface area contributed by atoms with Crippen molar-refractivity contribution in [1.82, 2.24) is 4.90 Å². The van der Waals surface area contributed by atoms with E-state index in [4.69, 9.17) is 0 Å². The van der Waals surface area contributed by atoms with E-state index in [1.165, 1.54) is 56.3 Å². The Balaban J connectivity index is 0.993. The molecule has 0 amide bonds. The zero-order chi connectivity index (χ0) is 32.7. The highest BCUT2D eigenvalue weighted by Gasteiger charge is 2.67. The van der Waals surface area contributed by atoms with Gasteiger partial charge in [-0.25, -0.2) is 0 Å². The number of aliphatic hydroxyl groups is 3. The predicted octanol–water partition coefficient (Wildman–Crippen LogP) is 7.53. The molecule has 5 nitrogen and oxygen atoms in total. The van der Waals surface area contributed by atoms with E-state index in [1.807, 2.05) is 0 Å². The molecule has 0 aromatic heterocycles. The van der Waals surface area contributed by atoms with E-state index < -0.39 is 5.60 Å². The van der Waals surface area contributed by atoms with Gasteiger partial charge in [-0.2, -0.15) is 0 Å². The third kappa shape index (κ3) is 5.46. The fourth-order valence-corrected chi connectivity index (χ4v) is 14.4. The minimum atomic E-state index is -0.584. The molecule has 0 bridgehead atoms. The lowest BCUT2D eigenvalue weighted by Gasteiger charge is -2.60. The number of rotatable bonds is 6. The summed E-state index contributed by atoms with van der Waals surface area (Å²) in [6, 6.07) is 9.34. The monoisotopic (exact) mass is 647 g/mol. The van der Waals surface area contributed by atoms with Gasteiger partial charge in [0.05, 0.1) is 17.8 Å². The fourth-order valence-electron chi connectivity index (χ4n) is 14.4. The molecule has 2 aliphatic heterocycles. The van der Waals surface area contributed by atoms with Crippen LogP contribution in [0.2, 0.25) is 0 Å². The SMILES string of the molecule is CCCNc1cccc(CCC2CCC3(C2)CC2(C)C(CC3O)C(O)CC3C4CCC5C(CN6CC(C)CCC6C5(C)O)C4CC32)c1. The van der Waals surface area contributed by atoms with Crippen LogP contribution in [-0.2, 0) is 6.42 Å². The molecule has 0 radical (unpaired) electrons. The van der Waals surface area contributed by atoms with Crippen molar-refractivity contribution < 1.29 is 15.3 Å². The van der Waals surface area contributed by atoms with Gasteiger partial charge in [0, 0.05) is 31.4 Å². The summed E-state index contributed by atoms with van der Waals surface area (Å²) < 4.78 is 0. The van der Waals surface area contributed by atoms with Gasteiger partial charge in [0.25, 0.3) is 0 Å². The van der Waals surface area contributed by atoms with Crippen molar-refractivity contribution in [2.24, 2.45) is 64.1 Å². The maximum absolute atomic E-state index is 12.2. The highest BCUT2D eigenvalue weighted by Crippen LogP contribution is 2.70. The molecule has 2 heterocycles. The van der Waals surface area contributed by atoms with Gasteiger partial charge in [0.15, 0.2) is 0 Å². The maximum atomic E-state index is 12.2. The lowest BCUT2D eigenvalue weighted by molar-refractivity contribution is -0.180. The van der Waals surface area contributed by atoms with E-state index >= 15 is 0 Å². The molecule has 8 rings (SSSR count). The van der Waals surface area contributed by atoms with Gasteiger partial charge in [-0.3, -0.25) is 4.90 Å². The van der Waals surface area contributed by atoms with E-state index in [1.54, 1.807) is 0 Å². The van der Waals surface area contributed by atoms with E-state index in [0.717, 1.165) is 70.4 Å². The second kappa shape index (κ2) is 12.3. The van der Waals surface area contributed by atoms with Crippen molar-refractivity contribution in [3.63, 3.8) is 0 Å². The normalized spacial score (nSPS) is 50.7. The minimum absolute atomic E-state index is 0.0179. The number of aliphatic hydroxyl groups excluding tert-OH is 2. The first-order chi connectivity index (χ1) is 22.5. The molecule has 5 aliphatic carbocycles. The Bertz CT molecular complexity index is 1280. The van der Waals surface area contributed by atoms with Gasteiger partial charge >= 0.3 is 0 Å². The number of hydrogen-bond acceptors (Lipinski definition) is 5. The van der Waals surface area contributed by atoms with Crippen LogP contribution >= 0.6 is 0 Å². The highest BCUT2D eigenvalue weighted by molar-refractivity contribution is 5.45. The third-order valence-corrected chi connectivity index (χ3v) is 16.5. The molecule has 1 spiro atoms. The van der Waals surface area contributed by atoms with E-state index in [9.17, 15) is 15.3 Å². The van der Waals surface area contributed by atoms with Crippen LogP contribution in [-0.4, -0.2) is 63.7 Å². The standard InChI is InChI=1S/C42H66N2O3/c1-5-17-43-29-8-6-7-27(18-29)10-11-28-15-16-42(22-28)25-40(3)35-19-31-30(32(35)20-37(45)36(40)21-39(42)46)12-13-34-33(31)24-44-23-26(2)9-14-38(44)41(34,4)47/h6-8,18,26,28,30-39,43,45-47H,5,9-17,19-25H2,1-4H3. The molecule has 2 saturated heterocycles. The van der Waals surface area contributed by atoms with Crippen molar-refractivity contribution in [2.45, 2.75) is 141 Å². The molecule has 7 fully saturated rings. The Morgan fingerprint density at radius 1 is 0.894 bits per heavy atom. The summed E-state index contributed by atoms with van der Waals surface area (Å²) in [5.41, 5.74) is 2.20. The van der Waals surface area contributed by atoms with Crippen LogP contribution in [0.15, 0.2) is 24.3 Å². The average molecular weight is 647 g/mol. The summed E-state index contributed by atoms with van der Waals surface area (Å²) in [4.78, 5) is 2.71. The first-order valence-corrected chi connectivity index (χ1v) is 20.2. The average Bonchev–Trinajstić information content (AvgIpc) is 3.63. The van der Waals surface area contributed by atoms with Crippen LogP contribution in [0.5, 0.6) is 0 Å². The molecule has 7 aliphatic rings. The van der Waals surface area contributed by atoms with Crippen LogP contribution in [0.25, 0.3) is 0 Å². The van der Waals surface area contributed by atoms with Gasteiger partial charge in [-0.1, -0.05) is 32.9 Å². The van der Waals surface area contributed by atoms with Gasteiger partial charge in [-0.15, -0.1) is 0 Å². The number of aryl methyl sites for hydroxylation is 1. The molecular weight excluding hydrogens is 580 g/mol. The summed E-state index contributed by atoms with van der Waals surface area (Å²) in [6.45, 7) is 12.7. The van der Waals surface area contributed by atoms with Crippen molar-refractivity contribution >= 4 is 5.69 Å². The van der Waals surface area contributed by atoms with Gasteiger partial charge < -0.3 is 20.6 Å². The van der Waals surface area contributed by atoms with E-state index in [0.29, 0.717) is 47.5 Å². The second-order valence-corrected chi connectivity index (χ2v) is 19.0. The Kier molecular flexibility index (Phi) is 8.62. The van der Waals surface area contributed by atoms with Crippen LogP contribution in [0.3, 0.4) is 0 Å². The molecule has 4 N–H and O–H groups in total. The second-order valence-electron chi connectivity index (χ2n) is 19.0. The van der Waals surface area contributed by atoms with Gasteiger partial charge in [0.2, 0.25) is 0 Å². The smallest absolute Gasteiger partial charge is 0.0805 e. The van der Waals surface area contributed by atoms with Crippen molar-refractivity contribution in [2.75, 3.05) is 25.0 Å². The Morgan fingerprint density at radius 3 is 2.57 bits per heavy atom. The molecular formula is C42H66N2O3. The summed E-state index contributed by atoms with van der Waals surface area (Å²) in [5, 5.41) is 39.4. The third-order valence-electron chi connectivity index (χ3n) is 16.5. The molecule has 1 aromatic carbocycles. The van der Waals surface area contributed by atoms with Crippen molar-refractivity contribution in [3.8, 4) is 0 Å². The van der Waals surface area contributed by atoms with Gasteiger partial charge in [0.1, 0.15) is 0 Å². The van der Waals surface area contributed by atoms with Crippen molar-refractivity contribution in [3.05, 3.63) is 29.8 Å². The molecule has 15 unspecified atom stereocenters. The summed E-state index contributed by atoms with van der Waals surface area (Å²) >= 11 is 0. The predicted molar refractivity (Wildman–Crippen MR) is 190 cm³/mol. The summed E-state index contributed by atoms with van der Waals surface area (Å²) in [6.07, 6.45) is 15.4. The minimum Gasteiger partial charge on any atom is -0.393 e. The Labute approximate surface area is 285 Å². The Morgan fingerprint density at radius 2 is 1.74 bits per heavy atom. The lowest BCUT2D eigenvalue weighted by Crippen LogP contribution is -2.67. The Hall–Kier alpha value is -1.14. The summed E-state index contributed by atoms with van der Waals surface area (Å²) in [7, 11) is 0. The topological polar surface area (TPSA) is 76.0 Å². The number of nitrogens with zero attached hydrogens (tertiary/aromatic N) is 1. The van der Waals surface area contributed by atoms with Crippen LogP contribution in [0, 0.1) is 64.1 Å². The zero-order valence-corrected chi connectivity index (χ0v) is 30.0. The number of piperidine rings is 2. The summed E-state index contributed by atoms with van der Waals surface area (Å²) in [5.74, 6) is 5.27.